The number of nitrogens with two attached hydrogens (primary N) is 1. The molecule has 0 radical (unpaired) electrons. The molecule has 1 aromatic rings. The molecule has 0 heterocycles. The molecule has 0 fully saturated rings. The highest BCUT2D eigenvalue weighted by molar-refractivity contribution is 6.00. The van der Waals surface area contributed by atoms with E-state index in [0.29, 0.717) is 13.0 Å². The Labute approximate surface area is 99.6 Å². The topological polar surface area (TPSA) is 92.4 Å². The summed E-state index contributed by atoms with van der Waals surface area (Å²) in [5.74, 6) is -1.98. The molecule has 0 spiro atoms. The summed E-state index contributed by atoms with van der Waals surface area (Å²) in [5.41, 5.74) is 7.39. The van der Waals surface area contributed by atoms with Crippen molar-refractivity contribution >= 4 is 11.9 Å². The Morgan fingerprint density at radius 1 is 1.47 bits per heavy atom. The molecule has 17 heavy (non-hydrogen) atoms. The van der Waals surface area contributed by atoms with Crippen LogP contribution in [0.1, 0.15) is 11.1 Å². The number of aliphatic carboxylic acids is 1. The van der Waals surface area contributed by atoms with E-state index in [2.05, 4.69) is 5.32 Å². The molecular formula is C12H16N2O3. The van der Waals surface area contributed by atoms with E-state index >= 15 is 0 Å². The van der Waals surface area contributed by atoms with Gasteiger partial charge in [-0.15, -0.1) is 0 Å². The average molecular weight is 236 g/mol. The highest BCUT2D eigenvalue weighted by Crippen LogP contribution is 2.03. The summed E-state index contributed by atoms with van der Waals surface area (Å²) in [7, 11) is 0. The Morgan fingerprint density at radius 2 is 2.18 bits per heavy atom. The van der Waals surface area contributed by atoms with Crippen molar-refractivity contribution in [1.82, 2.24) is 5.32 Å². The Bertz CT molecular complexity index is 418. The third-order valence-corrected chi connectivity index (χ3v) is 2.34. The fourth-order valence-electron chi connectivity index (χ4n) is 1.42. The number of rotatable bonds is 5. The molecule has 92 valence electrons. The number of carbonyl (C=O) groups excluding carboxylic acids is 1. The third-order valence-electron chi connectivity index (χ3n) is 2.34. The molecule has 0 aliphatic carbocycles. The van der Waals surface area contributed by atoms with E-state index in [9.17, 15) is 9.59 Å². The molecule has 0 saturated carbocycles. The smallest absolute Gasteiger partial charge is 0.330 e. The van der Waals surface area contributed by atoms with Gasteiger partial charge in [0.1, 0.15) is 0 Å². The summed E-state index contributed by atoms with van der Waals surface area (Å²) in [4.78, 5) is 21.7. The molecule has 0 saturated heterocycles. The number of nitrogens with one attached hydrogen (secondary N) is 1. The van der Waals surface area contributed by atoms with Crippen molar-refractivity contribution in [3.05, 3.63) is 35.4 Å². The van der Waals surface area contributed by atoms with Gasteiger partial charge >= 0.3 is 5.97 Å². The van der Waals surface area contributed by atoms with Crippen LogP contribution in [0.3, 0.4) is 0 Å². The van der Waals surface area contributed by atoms with Crippen LogP contribution in [-0.4, -0.2) is 29.6 Å². The van der Waals surface area contributed by atoms with Crippen LogP contribution in [0, 0.1) is 6.92 Å². The van der Waals surface area contributed by atoms with Crippen LogP contribution in [0.2, 0.25) is 0 Å². The lowest BCUT2D eigenvalue weighted by Crippen LogP contribution is -2.46. The molecule has 5 nitrogen and oxygen atoms in total. The number of hydrogen-bond donors (Lipinski definition) is 3. The van der Waals surface area contributed by atoms with Gasteiger partial charge in [-0.3, -0.25) is 4.79 Å². The van der Waals surface area contributed by atoms with Crippen molar-refractivity contribution < 1.29 is 14.7 Å². The predicted molar refractivity (Wildman–Crippen MR) is 63.5 cm³/mol. The summed E-state index contributed by atoms with van der Waals surface area (Å²) < 4.78 is 0. The molecule has 1 aromatic carbocycles. The Morgan fingerprint density at radius 3 is 2.76 bits per heavy atom. The van der Waals surface area contributed by atoms with Gasteiger partial charge in [-0.05, 0) is 18.9 Å². The largest absolute Gasteiger partial charge is 0.480 e. The summed E-state index contributed by atoms with van der Waals surface area (Å²) in [6.45, 7) is 2.37. The lowest BCUT2D eigenvalue weighted by atomic mass is 10.1. The monoisotopic (exact) mass is 236 g/mol. The zero-order chi connectivity index (χ0) is 12.8. The number of aryl methyl sites for hydroxylation is 1. The Kier molecular flexibility index (Phi) is 4.66. The van der Waals surface area contributed by atoms with Crippen LogP contribution in [0.15, 0.2) is 24.3 Å². The lowest BCUT2D eigenvalue weighted by Gasteiger charge is -2.08. The quantitative estimate of drug-likeness (QED) is 0.630. The first-order valence-corrected chi connectivity index (χ1v) is 5.32. The standard InChI is InChI=1S/C12H16N2O3/c1-8-3-2-4-9(7-8)5-6-14-11(15)10(13)12(16)17/h2-4,7,10H,5-6,13H2,1H3,(H,14,15)(H,16,17). The lowest BCUT2D eigenvalue weighted by molar-refractivity contribution is -0.142. The maximum absolute atomic E-state index is 11.2. The first-order valence-electron chi connectivity index (χ1n) is 5.32. The number of amides is 1. The summed E-state index contributed by atoms with van der Waals surface area (Å²) >= 11 is 0. The zero-order valence-corrected chi connectivity index (χ0v) is 9.64. The Hall–Kier alpha value is -1.88. The van der Waals surface area contributed by atoms with Gasteiger partial charge in [-0.1, -0.05) is 29.8 Å². The minimum atomic E-state index is -1.49. The van der Waals surface area contributed by atoms with Crippen LogP contribution in [0.5, 0.6) is 0 Å². The molecule has 0 aliphatic heterocycles. The minimum Gasteiger partial charge on any atom is -0.480 e. The maximum atomic E-state index is 11.2. The second kappa shape index (κ2) is 6.00. The molecule has 0 aliphatic rings. The van der Waals surface area contributed by atoms with E-state index in [1.807, 2.05) is 31.2 Å². The third kappa shape index (κ3) is 4.24. The number of benzene rings is 1. The van der Waals surface area contributed by atoms with Gasteiger partial charge < -0.3 is 16.2 Å². The fourth-order valence-corrected chi connectivity index (χ4v) is 1.42. The SMILES string of the molecule is Cc1cccc(CCNC(=O)C(N)C(=O)O)c1. The second-order valence-corrected chi connectivity index (χ2v) is 3.85. The van der Waals surface area contributed by atoms with Crippen molar-refractivity contribution in [2.24, 2.45) is 5.73 Å². The van der Waals surface area contributed by atoms with Gasteiger partial charge in [0.2, 0.25) is 5.91 Å². The van der Waals surface area contributed by atoms with Gasteiger partial charge in [0.15, 0.2) is 6.04 Å². The molecule has 1 rings (SSSR count). The molecule has 5 heteroatoms. The second-order valence-electron chi connectivity index (χ2n) is 3.85. The molecule has 0 aromatic heterocycles. The zero-order valence-electron chi connectivity index (χ0n) is 9.64. The number of carboxylic acids is 1. The normalized spacial score (nSPS) is 11.9. The molecule has 4 N–H and O–H groups in total. The number of carboxylic acid groups (broad SMARTS) is 1. The van der Waals surface area contributed by atoms with Crippen molar-refractivity contribution in [3.8, 4) is 0 Å². The van der Waals surface area contributed by atoms with E-state index in [0.717, 1.165) is 11.1 Å². The van der Waals surface area contributed by atoms with Gasteiger partial charge in [-0.25, -0.2) is 4.79 Å². The van der Waals surface area contributed by atoms with E-state index in [4.69, 9.17) is 10.8 Å². The van der Waals surface area contributed by atoms with Gasteiger partial charge in [-0.2, -0.15) is 0 Å². The summed E-state index contributed by atoms with van der Waals surface area (Å²) in [5, 5.41) is 11.0. The van der Waals surface area contributed by atoms with E-state index in [1.165, 1.54) is 0 Å². The van der Waals surface area contributed by atoms with Crippen molar-refractivity contribution in [1.29, 1.82) is 0 Å². The highest BCUT2D eigenvalue weighted by atomic mass is 16.4. The maximum Gasteiger partial charge on any atom is 0.330 e. The van der Waals surface area contributed by atoms with Crippen molar-refractivity contribution in [2.75, 3.05) is 6.54 Å². The van der Waals surface area contributed by atoms with Gasteiger partial charge in [0.05, 0.1) is 0 Å². The first kappa shape index (κ1) is 13.2. The van der Waals surface area contributed by atoms with E-state index in [-0.39, 0.29) is 0 Å². The molecular weight excluding hydrogens is 220 g/mol. The van der Waals surface area contributed by atoms with Crippen LogP contribution in [0.4, 0.5) is 0 Å². The molecule has 1 unspecified atom stereocenters. The van der Waals surface area contributed by atoms with Crippen molar-refractivity contribution in [3.63, 3.8) is 0 Å². The van der Waals surface area contributed by atoms with Crippen LogP contribution < -0.4 is 11.1 Å². The summed E-state index contributed by atoms with van der Waals surface area (Å²) in [6, 6.07) is 6.41. The number of carbonyl (C=O) groups is 2. The highest BCUT2D eigenvalue weighted by Gasteiger charge is 2.20. The predicted octanol–water partition coefficient (Wildman–Crippen LogP) is 0.0656. The van der Waals surface area contributed by atoms with Crippen LogP contribution >= 0.6 is 0 Å². The Balaban J connectivity index is 2.38. The molecule has 1 amide bonds. The van der Waals surface area contributed by atoms with Crippen molar-refractivity contribution in [2.45, 2.75) is 19.4 Å². The van der Waals surface area contributed by atoms with Gasteiger partial charge in [0, 0.05) is 6.54 Å². The average Bonchev–Trinajstić information content (AvgIpc) is 2.27. The summed E-state index contributed by atoms with van der Waals surface area (Å²) in [6.07, 6.45) is 0.653. The number of hydrogen-bond acceptors (Lipinski definition) is 3. The van der Waals surface area contributed by atoms with E-state index in [1.54, 1.807) is 0 Å². The fraction of sp³-hybridized carbons (Fsp3) is 0.333. The van der Waals surface area contributed by atoms with E-state index < -0.39 is 17.9 Å². The van der Waals surface area contributed by atoms with Crippen LogP contribution in [-0.2, 0) is 16.0 Å². The minimum absolute atomic E-state index is 0.378. The van der Waals surface area contributed by atoms with Gasteiger partial charge in [0.25, 0.3) is 0 Å². The molecule has 1 atom stereocenters. The first-order chi connectivity index (χ1) is 8.00. The van der Waals surface area contributed by atoms with Crippen LogP contribution in [0.25, 0.3) is 0 Å². The molecule has 0 bridgehead atoms.